The summed E-state index contributed by atoms with van der Waals surface area (Å²) in [7, 11) is 0. The molecule has 1 atom stereocenters. The Hall–Kier alpha value is -2.11. The molecule has 1 aromatic rings. The number of pyridine rings is 1. The first kappa shape index (κ1) is 18.3. The molecule has 0 unspecified atom stereocenters. The van der Waals surface area contributed by atoms with Gasteiger partial charge in [-0.25, -0.2) is 0 Å². The van der Waals surface area contributed by atoms with E-state index in [4.69, 9.17) is 0 Å². The molecule has 2 amide bonds. The number of carbonyl (C=O) groups is 2. The van der Waals surface area contributed by atoms with E-state index in [1.807, 2.05) is 23.6 Å². The molecule has 0 aromatic carbocycles. The van der Waals surface area contributed by atoms with Crippen LogP contribution in [0.5, 0.6) is 0 Å². The number of aromatic nitrogens is 1. The van der Waals surface area contributed by atoms with Gasteiger partial charge in [-0.1, -0.05) is 12.8 Å². The van der Waals surface area contributed by atoms with Gasteiger partial charge in [0.05, 0.1) is 5.92 Å². The molecule has 0 spiro atoms. The Kier molecular flexibility index (Phi) is 5.06. The molecule has 0 N–H and O–H groups in total. The van der Waals surface area contributed by atoms with Crippen LogP contribution in [0.3, 0.4) is 0 Å². The second-order valence-corrected chi connectivity index (χ2v) is 8.31. The van der Waals surface area contributed by atoms with Crippen LogP contribution in [-0.4, -0.2) is 65.4 Å². The summed E-state index contributed by atoms with van der Waals surface area (Å²) in [4.78, 5) is 36.1. The first-order valence-corrected chi connectivity index (χ1v) is 10.3. The van der Waals surface area contributed by atoms with Crippen molar-refractivity contribution in [2.75, 3.05) is 37.6 Å². The third kappa shape index (κ3) is 3.80. The molecule has 0 bridgehead atoms. The van der Waals surface area contributed by atoms with Gasteiger partial charge >= 0.3 is 0 Å². The Balaban J connectivity index is 1.34. The molecule has 3 fully saturated rings. The Morgan fingerprint density at radius 3 is 2.30 bits per heavy atom. The zero-order valence-corrected chi connectivity index (χ0v) is 16.5. The molecular weight excluding hydrogens is 340 g/mol. The standard InChI is InChI=1S/C21H30N4O2/c1-15-11-19(12-16(2)22-15)23-7-9-24(10-8-23)21(27)17-13-20(26)25(14-17)18-5-3-4-6-18/h11-12,17-18H,3-10,13-14H2,1-2H3/t17-/m0/s1. The van der Waals surface area contributed by atoms with Crippen LogP contribution in [0, 0.1) is 19.8 Å². The fraction of sp³-hybridized carbons (Fsp3) is 0.667. The van der Waals surface area contributed by atoms with Gasteiger partial charge in [0.1, 0.15) is 0 Å². The predicted molar refractivity (Wildman–Crippen MR) is 105 cm³/mol. The van der Waals surface area contributed by atoms with Crippen LogP contribution < -0.4 is 4.90 Å². The SMILES string of the molecule is Cc1cc(N2CCN(C(=O)[C@H]3CC(=O)N(C4CCCC4)C3)CC2)cc(C)n1. The van der Waals surface area contributed by atoms with E-state index >= 15 is 0 Å². The minimum atomic E-state index is -0.143. The van der Waals surface area contributed by atoms with E-state index in [1.165, 1.54) is 18.5 Å². The molecule has 1 aromatic heterocycles. The highest BCUT2D eigenvalue weighted by Gasteiger charge is 2.40. The zero-order chi connectivity index (χ0) is 19.0. The van der Waals surface area contributed by atoms with Gasteiger partial charge in [0.15, 0.2) is 0 Å². The third-order valence-corrected chi connectivity index (χ3v) is 6.30. The van der Waals surface area contributed by atoms with Crippen LogP contribution in [0.4, 0.5) is 5.69 Å². The summed E-state index contributed by atoms with van der Waals surface area (Å²) in [6.45, 7) is 7.79. The maximum absolute atomic E-state index is 13.0. The first-order chi connectivity index (χ1) is 13.0. The molecule has 27 heavy (non-hydrogen) atoms. The van der Waals surface area contributed by atoms with Gasteiger partial charge in [-0.3, -0.25) is 14.6 Å². The molecule has 146 valence electrons. The summed E-state index contributed by atoms with van der Waals surface area (Å²) in [6.07, 6.45) is 5.04. The fourth-order valence-corrected chi connectivity index (χ4v) is 4.90. The first-order valence-electron chi connectivity index (χ1n) is 10.3. The number of anilines is 1. The molecule has 3 heterocycles. The number of rotatable bonds is 3. The molecule has 2 aliphatic heterocycles. The average Bonchev–Trinajstić information content (AvgIpc) is 3.30. The second-order valence-electron chi connectivity index (χ2n) is 8.31. The third-order valence-electron chi connectivity index (χ3n) is 6.30. The van der Waals surface area contributed by atoms with E-state index in [1.54, 1.807) is 0 Å². The molecule has 6 nitrogen and oxygen atoms in total. The number of amides is 2. The van der Waals surface area contributed by atoms with Crippen molar-refractivity contribution < 1.29 is 9.59 Å². The van der Waals surface area contributed by atoms with Gasteiger partial charge in [-0.2, -0.15) is 0 Å². The van der Waals surface area contributed by atoms with Crippen LogP contribution in [0.2, 0.25) is 0 Å². The summed E-state index contributed by atoms with van der Waals surface area (Å²) in [5.41, 5.74) is 3.25. The van der Waals surface area contributed by atoms with E-state index in [0.29, 0.717) is 19.0 Å². The lowest BCUT2D eigenvalue weighted by Gasteiger charge is -2.37. The van der Waals surface area contributed by atoms with Gasteiger partial charge in [0.25, 0.3) is 0 Å². The number of carbonyl (C=O) groups excluding carboxylic acids is 2. The lowest BCUT2D eigenvalue weighted by Crippen LogP contribution is -2.50. The quantitative estimate of drug-likeness (QED) is 0.818. The second kappa shape index (κ2) is 7.49. The van der Waals surface area contributed by atoms with Gasteiger partial charge in [0.2, 0.25) is 11.8 Å². The summed E-state index contributed by atoms with van der Waals surface area (Å²) < 4.78 is 0. The van der Waals surface area contributed by atoms with E-state index in [9.17, 15) is 9.59 Å². The van der Waals surface area contributed by atoms with Crippen molar-refractivity contribution in [1.82, 2.24) is 14.8 Å². The smallest absolute Gasteiger partial charge is 0.228 e. The highest BCUT2D eigenvalue weighted by molar-refractivity contribution is 5.89. The van der Waals surface area contributed by atoms with Crippen LogP contribution in [-0.2, 0) is 9.59 Å². The van der Waals surface area contributed by atoms with E-state index < -0.39 is 0 Å². The van der Waals surface area contributed by atoms with Gasteiger partial charge < -0.3 is 14.7 Å². The highest BCUT2D eigenvalue weighted by atomic mass is 16.2. The summed E-state index contributed by atoms with van der Waals surface area (Å²) >= 11 is 0. The van der Waals surface area contributed by atoms with Crippen molar-refractivity contribution >= 4 is 17.5 Å². The van der Waals surface area contributed by atoms with Crippen molar-refractivity contribution in [2.45, 2.75) is 52.0 Å². The predicted octanol–water partition coefficient (Wildman–Crippen LogP) is 2.14. The van der Waals surface area contributed by atoms with Crippen molar-refractivity contribution in [1.29, 1.82) is 0 Å². The van der Waals surface area contributed by atoms with Gasteiger partial charge in [-0.05, 0) is 38.8 Å². The van der Waals surface area contributed by atoms with E-state index in [2.05, 4.69) is 22.0 Å². The molecule has 0 radical (unpaired) electrons. The van der Waals surface area contributed by atoms with Crippen molar-refractivity contribution in [3.63, 3.8) is 0 Å². The van der Waals surface area contributed by atoms with Crippen molar-refractivity contribution in [2.24, 2.45) is 5.92 Å². The average molecular weight is 370 g/mol. The number of hydrogen-bond acceptors (Lipinski definition) is 4. The number of likely N-dealkylation sites (tertiary alicyclic amines) is 1. The number of aryl methyl sites for hydroxylation is 2. The largest absolute Gasteiger partial charge is 0.368 e. The normalized spacial score (nSPS) is 24.1. The topological polar surface area (TPSA) is 56.8 Å². The molecular formula is C21H30N4O2. The monoisotopic (exact) mass is 370 g/mol. The fourth-order valence-electron chi connectivity index (χ4n) is 4.90. The number of hydrogen-bond donors (Lipinski definition) is 0. The van der Waals surface area contributed by atoms with E-state index in [0.717, 1.165) is 50.4 Å². The van der Waals surface area contributed by atoms with Crippen molar-refractivity contribution in [3.05, 3.63) is 23.5 Å². The lowest BCUT2D eigenvalue weighted by atomic mass is 10.1. The molecule has 4 rings (SSSR count). The maximum Gasteiger partial charge on any atom is 0.228 e. The Bertz CT molecular complexity index is 701. The van der Waals surface area contributed by atoms with Crippen LogP contribution >= 0.6 is 0 Å². The van der Waals surface area contributed by atoms with Gasteiger partial charge in [-0.15, -0.1) is 0 Å². The lowest BCUT2D eigenvalue weighted by molar-refractivity contribution is -0.136. The maximum atomic E-state index is 13.0. The zero-order valence-electron chi connectivity index (χ0n) is 16.5. The van der Waals surface area contributed by atoms with Gasteiger partial charge in [0, 0.05) is 62.3 Å². The van der Waals surface area contributed by atoms with Crippen LogP contribution in [0.15, 0.2) is 12.1 Å². The summed E-state index contributed by atoms with van der Waals surface area (Å²) in [5, 5.41) is 0. The number of nitrogens with zero attached hydrogens (tertiary/aromatic N) is 4. The van der Waals surface area contributed by atoms with Crippen molar-refractivity contribution in [3.8, 4) is 0 Å². The molecule has 3 aliphatic rings. The van der Waals surface area contributed by atoms with Crippen LogP contribution in [0.1, 0.15) is 43.5 Å². The van der Waals surface area contributed by atoms with Crippen LogP contribution in [0.25, 0.3) is 0 Å². The van der Waals surface area contributed by atoms with E-state index in [-0.39, 0.29) is 17.7 Å². The molecule has 6 heteroatoms. The molecule has 1 saturated carbocycles. The minimum Gasteiger partial charge on any atom is -0.368 e. The summed E-state index contributed by atoms with van der Waals surface area (Å²) in [6, 6.07) is 4.60. The molecule has 1 aliphatic carbocycles. The Morgan fingerprint density at radius 1 is 1.04 bits per heavy atom. The minimum absolute atomic E-state index is 0.143. The highest BCUT2D eigenvalue weighted by Crippen LogP contribution is 2.30. The Morgan fingerprint density at radius 2 is 1.67 bits per heavy atom. The molecule has 2 saturated heterocycles. The number of piperazine rings is 1. The summed E-state index contributed by atoms with van der Waals surface area (Å²) in [5.74, 6) is 0.210. The Labute approximate surface area is 161 Å².